The number of hydrogen-bond acceptors (Lipinski definition) is 4. The van der Waals surface area contributed by atoms with Crippen LogP contribution in [0, 0.1) is 5.92 Å². The van der Waals surface area contributed by atoms with E-state index in [1.54, 1.807) is 18.9 Å². The molecule has 1 aliphatic heterocycles. The van der Waals surface area contributed by atoms with E-state index < -0.39 is 0 Å². The lowest BCUT2D eigenvalue weighted by Crippen LogP contribution is -2.32. The van der Waals surface area contributed by atoms with Crippen molar-refractivity contribution in [3.8, 4) is 5.75 Å². The smallest absolute Gasteiger partial charge is 0.230 e. The van der Waals surface area contributed by atoms with Gasteiger partial charge in [0.15, 0.2) is 0 Å². The highest BCUT2D eigenvalue weighted by Gasteiger charge is 2.16. The first kappa shape index (κ1) is 21.6. The van der Waals surface area contributed by atoms with E-state index in [1.165, 1.54) is 24.1 Å². The van der Waals surface area contributed by atoms with Crippen molar-refractivity contribution in [2.24, 2.45) is 5.92 Å². The van der Waals surface area contributed by atoms with E-state index in [-0.39, 0.29) is 11.9 Å². The van der Waals surface area contributed by atoms with Crippen molar-refractivity contribution in [1.82, 2.24) is 5.32 Å². The Hall–Kier alpha value is -2.14. The highest BCUT2D eigenvalue weighted by molar-refractivity contribution is 7.99. The molecule has 3 rings (SSSR count). The van der Waals surface area contributed by atoms with Crippen LogP contribution in [0.3, 0.4) is 0 Å². The van der Waals surface area contributed by atoms with Crippen LogP contribution < -0.4 is 15.0 Å². The summed E-state index contributed by atoms with van der Waals surface area (Å²) in [4.78, 5) is 14.8. The van der Waals surface area contributed by atoms with Gasteiger partial charge in [-0.3, -0.25) is 4.79 Å². The molecule has 4 nitrogen and oxygen atoms in total. The summed E-state index contributed by atoms with van der Waals surface area (Å²) in [5.41, 5.74) is 3.63. The second kappa shape index (κ2) is 10.6. The molecule has 1 aliphatic rings. The van der Waals surface area contributed by atoms with Crippen LogP contribution in [0.4, 0.5) is 5.69 Å². The number of ether oxygens (including phenoxy) is 1. The average molecular weight is 413 g/mol. The summed E-state index contributed by atoms with van der Waals surface area (Å²) in [6, 6.07) is 16.6. The molecule has 1 atom stereocenters. The highest BCUT2D eigenvalue weighted by atomic mass is 32.2. The van der Waals surface area contributed by atoms with E-state index in [9.17, 15) is 4.79 Å². The van der Waals surface area contributed by atoms with Crippen molar-refractivity contribution < 1.29 is 9.53 Å². The lowest BCUT2D eigenvalue weighted by Gasteiger charge is -2.32. The highest BCUT2D eigenvalue weighted by Crippen LogP contribution is 2.24. The Balaban J connectivity index is 1.42. The molecule has 1 N–H and O–H groups in total. The molecule has 1 fully saturated rings. The Bertz CT molecular complexity index is 768. The van der Waals surface area contributed by atoms with E-state index in [1.807, 2.05) is 31.2 Å². The minimum Gasteiger partial charge on any atom is -0.497 e. The largest absolute Gasteiger partial charge is 0.497 e. The van der Waals surface area contributed by atoms with Gasteiger partial charge < -0.3 is 15.0 Å². The summed E-state index contributed by atoms with van der Waals surface area (Å²) in [6.45, 7) is 6.65. The molecule has 5 heteroatoms. The van der Waals surface area contributed by atoms with E-state index in [0.717, 1.165) is 36.1 Å². The van der Waals surface area contributed by atoms with E-state index in [2.05, 4.69) is 41.4 Å². The van der Waals surface area contributed by atoms with Gasteiger partial charge in [0.1, 0.15) is 5.75 Å². The number of nitrogens with zero attached hydrogens (tertiary/aromatic N) is 1. The van der Waals surface area contributed by atoms with E-state index >= 15 is 0 Å². The van der Waals surface area contributed by atoms with Crippen LogP contribution in [0.1, 0.15) is 43.9 Å². The number of methoxy groups -OCH3 is 1. The quantitative estimate of drug-likeness (QED) is 0.659. The van der Waals surface area contributed by atoms with Gasteiger partial charge in [-0.15, -0.1) is 11.8 Å². The number of thioether (sulfide) groups is 1. The summed E-state index contributed by atoms with van der Waals surface area (Å²) < 4.78 is 5.17. The topological polar surface area (TPSA) is 41.6 Å². The number of carbonyl (C=O) groups excluding carboxylic acids is 1. The van der Waals surface area contributed by atoms with Gasteiger partial charge in [-0.2, -0.15) is 0 Å². The molecule has 0 radical (unpaired) electrons. The van der Waals surface area contributed by atoms with Gasteiger partial charge in [0, 0.05) is 24.5 Å². The van der Waals surface area contributed by atoms with Gasteiger partial charge in [-0.1, -0.05) is 31.2 Å². The van der Waals surface area contributed by atoms with Crippen molar-refractivity contribution in [2.45, 2.75) is 38.5 Å². The number of carbonyl (C=O) groups is 1. The number of anilines is 1. The maximum absolute atomic E-state index is 12.3. The normalized spacial score (nSPS) is 15.8. The Morgan fingerprint density at radius 2 is 1.79 bits per heavy atom. The summed E-state index contributed by atoms with van der Waals surface area (Å²) in [5.74, 6) is 3.04. The average Bonchev–Trinajstić information content (AvgIpc) is 2.75. The van der Waals surface area contributed by atoms with Crippen LogP contribution in [-0.4, -0.2) is 31.9 Å². The number of rotatable bonds is 8. The van der Waals surface area contributed by atoms with Crippen LogP contribution in [-0.2, 0) is 10.5 Å². The fourth-order valence-electron chi connectivity index (χ4n) is 3.59. The first-order chi connectivity index (χ1) is 14.0. The molecule has 0 bridgehead atoms. The van der Waals surface area contributed by atoms with Crippen LogP contribution >= 0.6 is 11.8 Å². The second-order valence-electron chi connectivity index (χ2n) is 7.89. The number of amides is 1. The van der Waals surface area contributed by atoms with Gasteiger partial charge in [0.2, 0.25) is 5.91 Å². The Labute approximate surface area is 179 Å². The zero-order valence-electron chi connectivity index (χ0n) is 17.7. The molecular formula is C24H32N2O2S. The molecule has 2 aromatic carbocycles. The molecule has 0 aliphatic carbocycles. The van der Waals surface area contributed by atoms with Gasteiger partial charge >= 0.3 is 0 Å². The van der Waals surface area contributed by atoms with Gasteiger partial charge in [-0.25, -0.2) is 0 Å². The molecule has 2 aromatic rings. The van der Waals surface area contributed by atoms with Gasteiger partial charge in [0.05, 0.1) is 18.9 Å². The number of nitrogens with one attached hydrogen (secondary N) is 1. The standard InChI is InChI=1S/C24H32N2O2S/c1-18-12-14-26(15-13-18)22-8-6-21(7-9-22)19(2)25-24(27)17-29-16-20-4-10-23(28-3)11-5-20/h4-11,18-19H,12-17H2,1-3H3,(H,25,27)/t19-/m0/s1. The maximum Gasteiger partial charge on any atom is 0.230 e. The molecule has 1 amide bonds. The van der Waals surface area contributed by atoms with Crippen molar-refractivity contribution in [3.05, 3.63) is 59.7 Å². The van der Waals surface area contributed by atoms with Crippen molar-refractivity contribution >= 4 is 23.4 Å². The molecular weight excluding hydrogens is 380 g/mol. The third-order valence-corrected chi connectivity index (χ3v) is 6.58. The predicted molar refractivity (Wildman–Crippen MR) is 123 cm³/mol. The molecule has 0 saturated carbocycles. The summed E-state index contributed by atoms with van der Waals surface area (Å²) in [6.07, 6.45) is 2.53. The zero-order valence-corrected chi connectivity index (χ0v) is 18.5. The lowest BCUT2D eigenvalue weighted by molar-refractivity contribution is -0.119. The fourth-order valence-corrected chi connectivity index (χ4v) is 4.39. The summed E-state index contributed by atoms with van der Waals surface area (Å²) in [5, 5.41) is 3.11. The van der Waals surface area contributed by atoms with Crippen LogP contribution in [0.15, 0.2) is 48.5 Å². The molecule has 1 heterocycles. The first-order valence-corrected chi connectivity index (χ1v) is 11.6. The monoisotopic (exact) mass is 412 g/mol. The predicted octanol–water partition coefficient (Wildman–Crippen LogP) is 5.04. The molecule has 0 aromatic heterocycles. The van der Waals surface area contributed by atoms with Crippen LogP contribution in [0.5, 0.6) is 5.75 Å². The lowest BCUT2D eigenvalue weighted by atomic mass is 9.98. The molecule has 29 heavy (non-hydrogen) atoms. The molecule has 1 saturated heterocycles. The minimum atomic E-state index is 0.0134. The van der Waals surface area contributed by atoms with Crippen molar-refractivity contribution in [1.29, 1.82) is 0 Å². The van der Waals surface area contributed by atoms with Crippen molar-refractivity contribution in [2.75, 3.05) is 30.9 Å². The van der Waals surface area contributed by atoms with Gasteiger partial charge in [0.25, 0.3) is 0 Å². The Morgan fingerprint density at radius 3 is 2.41 bits per heavy atom. The van der Waals surface area contributed by atoms with Gasteiger partial charge in [-0.05, 0) is 61.1 Å². The maximum atomic E-state index is 12.3. The third-order valence-electron chi connectivity index (χ3n) is 5.58. The number of benzene rings is 2. The Kier molecular flexibility index (Phi) is 7.87. The number of piperidine rings is 1. The zero-order chi connectivity index (χ0) is 20.6. The molecule has 156 valence electrons. The Morgan fingerprint density at radius 1 is 1.14 bits per heavy atom. The van der Waals surface area contributed by atoms with Crippen molar-refractivity contribution in [3.63, 3.8) is 0 Å². The summed E-state index contributed by atoms with van der Waals surface area (Å²) in [7, 11) is 1.66. The number of hydrogen-bond donors (Lipinski definition) is 1. The van der Waals surface area contributed by atoms with E-state index in [0.29, 0.717) is 5.75 Å². The van der Waals surface area contributed by atoms with Crippen LogP contribution in [0.25, 0.3) is 0 Å². The summed E-state index contributed by atoms with van der Waals surface area (Å²) >= 11 is 1.63. The second-order valence-corrected chi connectivity index (χ2v) is 8.88. The van der Waals surface area contributed by atoms with E-state index in [4.69, 9.17) is 4.74 Å². The van der Waals surface area contributed by atoms with Crippen LogP contribution in [0.2, 0.25) is 0 Å². The third kappa shape index (κ3) is 6.43. The molecule has 0 spiro atoms. The molecule has 0 unspecified atom stereocenters. The SMILES string of the molecule is COc1ccc(CSCC(=O)N[C@@H](C)c2ccc(N3CCC(C)CC3)cc2)cc1. The fraction of sp³-hybridized carbons (Fsp3) is 0.458. The minimum absolute atomic E-state index is 0.0134. The first-order valence-electron chi connectivity index (χ1n) is 10.4.